The summed E-state index contributed by atoms with van der Waals surface area (Å²) in [6.45, 7) is 7.93. The maximum Gasteiger partial charge on any atom is 0.122 e. The summed E-state index contributed by atoms with van der Waals surface area (Å²) in [6.07, 6.45) is 0. The molecule has 0 unspecified atom stereocenters. The van der Waals surface area contributed by atoms with Crippen LogP contribution in [0.4, 0.5) is 5.69 Å². The van der Waals surface area contributed by atoms with Crippen LogP contribution < -0.4 is 10.1 Å². The number of anilines is 1. The number of aryl methyl sites for hydroxylation is 1. The van der Waals surface area contributed by atoms with Crippen LogP contribution >= 0.6 is 0 Å². The first-order valence-electron chi connectivity index (χ1n) is 7.19. The first kappa shape index (κ1) is 14.4. The Hall–Kier alpha value is -1.96. The highest BCUT2D eigenvalue weighted by atomic mass is 16.5. The fraction of sp³-hybridized carbons (Fsp3) is 0.333. The normalized spacial score (nSPS) is 10.6. The molecule has 0 aliphatic heterocycles. The Morgan fingerprint density at radius 3 is 2.40 bits per heavy atom. The first-order valence-corrected chi connectivity index (χ1v) is 7.19. The third-order valence-corrected chi connectivity index (χ3v) is 3.28. The zero-order valence-electron chi connectivity index (χ0n) is 12.5. The Bertz CT molecular complexity index is 531. The third-order valence-electron chi connectivity index (χ3n) is 3.28. The van der Waals surface area contributed by atoms with Crippen molar-refractivity contribution in [1.29, 1.82) is 0 Å². The van der Waals surface area contributed by atoms with Crippen molar-refractivity contribution < 1.29 is 4.74 Å². The lowest BCUT2D eigenvalue weighted by atomic mass is 10.0. The molecule has 2 rings (SSSR count). The summed E-state index contributed by atoms with van der Waals surface area (Å²) >= 11 is 0. The van der Waals surface area contributed by atoms with E-state index in [-0.39, 0.29) is 0 Å². The summed E-state index contributed by atoms with van der Waals surface area (Å²) in [7, 11) is 0. The lowest BCUT2D eigenvalue weighted by Crippen LogP contribution is -2.12. The highest BCUT2D eigenvalue weighted by molar-refractivity contribution is 5.44. The molecular weight excluding hydrogens is 246 g/mol. The zero-order valence-corrected chi connectivity index (χ0v) is 12.5. The summed E-state index contributed by atoms with van der Waals surface area (Å²) < 4.78 is 5.88. The van der Waals surface area contributed by atoms with E-state index in [4.69, 9.17) is 4.74 Å². The van der Waals surface area contributed by atoms with Crippen molar-refractivity contribution in [2.75, 3.05) is 18.5 Å². The molecular formula is C18H23NO. The van der Waals surface area contributed by atoms with E-state index in [0.717, 1.165) is 18.0 Å². The largest absolute Gasteiger partial charge is 0.491 e. The van der Waals surface area contributed by atoms with E-state index < -0.39 is 0 Å². The Labute approximate surface area is 121 Å². The molecule has 0 heterocycles. The van der Waals surface area contributed by atoms with Crippen LogP contribution in [0.2, 0.25) is 0 Å². The fourth-order valence-electron chi connectivity index (χ4n) is 2.12. The topological polar surface area (TPSA) is 21.3 Å². The van der Waals surface area contributed by atoms with E-state index in [1.165, 1.54) is 11.1 Å². The molecule has 0 radical (unpaired) electrons. The standard InChI is InChI=1S/C18H23NO/c1-14(2)17-6-4-5-7-18(17)20-13-12-19-16-10-8-15(3)9-11-16/h4-11,14,19H,12-13H2,1-3H3. The molecule has 20 heavy (non-hydrogen) atoms. The average molecular weight is 269 g/mol. The number of hydrogen-bond donors (Lipinski definition) is 1. The zero-order chi connectivity index (χ0) is 14.4. The maximum atomic E-state index is 5.88. The molecule has 2 aromatic rings. The monoisotopic (exact) mass is 269 g/mol. The van der Waals surface area contributed by atoms with Gasteiger partial charge in [-0.1, -0.05) is 49.7 Å². The second kappa shape index (κ2) is 6.99. The smallest absolute Gasteiger partial charge is 0.122 e. The Morgan fingerprint density at radius 1 is 1.00 bits per heavy atom. The van der Waals surface area contributed by atoms with Crippen LogP contribution in [0.1, 0.15) is 30.9 Å². The summed E-state index contributed by atoms with van der Waals surface area (Å²) in [5.41, 5.74) is 3.68. The van der Waals surface area contributed by atoms with Gasteiger partial charge in [-0.2, -0.15) is 0 Å². The number of hydrogen-bond acceptors (Lipinski definition) is 2. The molecule has 2 aromatic carbocycles. The van der Waals surface area contributed by atoms with E-state index >= 15 is 0 Å². The van der Waals surface area contributed by atoms with E-state index in [1.54, 1.807) is 0 Å². The van der Waals surface area contributed by atoms with E-state index in [0.29, 0.717) is 12.5 Å². The molecule has 0 aliphatic rings. The lowest BCUT2D eigenvalue weighted by molar-refractivity contribution is 0.328. The molecule has 1 N–H and O–H groups in total. The lowest BCUT2D eigenvalue weighted by Gasteiger charge is -2.14. The van der Waals surface area contributed by atoms with E-state index in [9.17, 15) is 0 Å². The van der Waals surface area contributed by atoms with Crippen molar-refractivity contribution in [2.24, 2.45) is 0 Å². The van der Waals surface area contributed by atoms with Crippen LogP contribution in [0.3, 0.4) is 0 Å². The first-order chi connectivity index (χ1) is 9.66. The summed E-state index contributed by atoms with van der Waals surface area (Å²) in [5.74, 6) is 1.48. The van der Waals surface area contributed by atoms with Gasteiger partial charge in [-0.3, -0.25) is 0 Å². The molecule has 0 amide bonds. The van der Waals surface area contributed by atoms with Crippen LogP contribution in [0, 0.1) is 6.92 Å². The SMILES string of the molecule is Cc1ccc(NCCOc2ccccc2C(C)C)cc1. The highest BCUT2D eigenvalue weighted by Gasteiger charge is 2.06. The van der Waals surface area contributed by atoms with Crippen molar-refractivity contribution in [3.8, 4) is 5.75 Å². The predicted molar refractivity (Wildman–Crippen MR) is 85.7 cm³/mol. The van der Waals surface area contributed by atoms with Gasteiger partial charge in [0.1, 0.15) is 12.4 Å². The molecule has 2 heteroatoms. The minimum Gasteiger partial charge on any atom is -0.491 e. The van der Waals surface area contributed by atoms with Gasteiger partial charge in [0, 0.05) is 12.2 Å². The summed E-state index contributed by atoms with van der Waals surface area (Å²) in [5, 5.41) is 3.37. The number of benzene rings is 2. The highest BCUT2D eigenvalue weighted by Crippen LogP contribution is 2.25. The van der Waals surface area contributed by atoms with Gasteiger partial charge in [0.05, 0.1) is 0 Å². The van der Waals surface area contributed by atoms with Gasteiger partial charge in [0.2, 0.25) is 0 Å². The average Bonchev–Trinajstić information content (AvgIpc) is 2.46. The van der Waals surface area contributed by atoms with Crippen LogP contribution in [0.25, 0.3) is 0 Å². The number of ether oxygens (including phenoxy) is 1. The van der Waals surface area contributed by atoms with Crippen molar-refractivity contribution in [3.63, 3.8) is 0 Å². The molecule has 0 aliphatic carbocycles. The number of rotatable bonds is 6. The van der Waals surface area contributed by atoms with Gasteiger partial charge in [0.25, 0.3) is 0 Å². The van der Waals surface area contributed by atoms with Gasteiger partial charge in [-0.05, 0) is 36.6 Å². The Kier molecular flexibility index (Phi) is 5.05. The van der Waals surface area contributed by atoms with Crippen molar-refractivity contribution >= 4 is 5.69 Å². The maximum absolute atomic E-state index is 5.88. The second-order valence-corrected chi connectivity index (χ2v) is 5.33. The number of nitrogens with one attached hydrogen (secondary N) is 1. The van der Waals surface area contributed by atoms with Gasteiger partial charge < -0.3 is 10.1 Å². The molecule has 0 saturated heterocycles. The Balaban J connectivity index is 1.83. The second-order valence-electron chi connectivity index (χ2n) is 5.33. The fourth-order valence-corrected chi connectivity index (χ4v) is 2.12. The minimum absolute atomic E-state index is 0.483. The molecule has 0 spiro atoms. The summed E-state index contributed by atoms with van der Waals surface area (Å²) in [6, 6.07) is 16.7. The van der Waals surface area contributed by atoms with Crippen LogP contribution in [-0.2, 0) is 0 Å². The molecule has 2 nitrogen and oxygen atoms in total. The predicted octanol–water partition coefficient (Wildman–Crippen LogP) is 4.61. The van der Waals surface area contributed by atoms with Gasteiger partial charge in [0.15, 0.2) is 0 Å². The number of para-hydroxylation sites is 1. The van der Waals surface area contributed by atoms with E-state index in [2.05, 4.69) is 62.5 Å². The molecule has 0 aromatic heterocycles. The van der Waals surface area contributed by atoms with Gasteiger partial charge >= 0.3 is 0 Å². The van der Waals surface area contributed by atoms with Crippen molar-refractivity contribution in [1.82, 2.24) is 0 Å². The molecule has 0 fully saturated rings. The van der Waals surface area contributed by atoms with Crippen molar-refractivity contribution in [3.05, 3.63) is 59.7 Å². The van der Waals surface area contributed by atoms with Crippen LogP contribution in [0.5, 0.6) is 5.75 Å². The van der Waals surface area contributed by atoms with Crippen molar-refractivity contribution in [2.45, 2.75) is 26.7 Å². The molecule has 0 bridgehead atoms. The molecule has 0 atom stereocenters. The Morgan fingerprint density at radius 2 is 1.70 bits per heavy atom. The molecule has 106 valence electrons. The van der Waals surface area contributed by atoms with Crippen LogP contribution in [-0.4, -0.2) is 13.2 Å². The third kappa shape index (κ3) is 4.02. The minimum atomic E-state index is 0.483. The van der Waals surface area contributed by atoms with Gasteiger partial charge in [-0.15, -0.1) is 0 Å². The van der Waals surface area contributed by atoms with Crippen LogP contribution in [0.15, 0.2) is 48.5 Å². The van der Waals surface area contributed by atoms with E-state index in [1.807, 2.05) is 12.1 Å². The summed E-state index contributed by atoms with van der Waals surface area (Å²) in [4.78, 5) is 0. The van der Waals surface area contributed by atoms with Gasteiger partial charge in [-0.25, -0.2) is 0 Å². The quantitative estimate of drug-likeness (QED) is 0.773. The molecule has 0 saturated carbocycles.